The van der Waals surface area contributed by atoms with E-state index in [0.717, 1.165) is 133 Å². The third-order valence-electron chi connectivity index (χ3n) is 24.1. The van der Waals surface area contributed by atoms with Crippen molar-refractivity contribution in [1.82, 2.24) is 0 Å². The lowest BCUT2D eigenvalue weighted by Gasteiger charge is -2.28. The average Bonchev–Trinajstić information content (AvgIpc) is 1.48. The summed E-state index contributed by atoms with van der Waals surface area (Å²) in [4.78, 5) is 7.13. The molecule has 0 saturated carbocycles. The molecule has 22 aromatic carbocycles. The van der Waals surface area contributed by atoms with Crippen LogP contribution in [0, 0.1) is 0 Å². The SMILES string of the molecule is c1ccc2c(-c3ccc(N(c4ccc5oc6c7ccccc7ccc6c5c4)c4cccc5ccccc45)cc3)cccc2c1.c1ccc2c(N(c3ccc4oc5c6ccccc6ccc5c4c3)c3cccc4ccccc34)cccc2c1.c1ccc2cc(N(c3ccc4oc5c6ccccc6ccc5c4c3)c3cccc4ccccc34)ccc2c1. The van der Waals surface area contributed by atoms with E-state index in [4.69, 9.17) is 13.3 Å². The van der Waals surface area contributed by atoms with Crippen LogP contribution in [0.2, 0.25) is 0 Å². The molecule has 0 spiro atoms. The number of furan rings is 3. The molecule has 25 aromatic rings. The number of nitrogens with zero attached hydrogens (tertiary/aromatic N) is 3. The van der Waals surface area contributed by atoms with Gasteiger partial charge in [-0.25, -0.2) is 0 Å². The number of rotatable bonds is 10. The zero-order valence-electron chi connectivity index (χ0n) is 65.2. The maximum atomic E-state index is 6.46. The van der Waals surface area contributed by atoms with Crippen LogP contribution in [0.25, 0.3) is 174 Å². The van der Waals surface area contributed by atoms with E-state index in [9.17, 15) is 0 Å². The fourth-order valence-electron chi connectivity index (χ4n) is 18.4. The van der Waals surface area contributed by atoms with Crippen LogP contribution in [-0.4, -0.2) is 0 Å². The summed E-state index contributed by atoms with van der Waals surface area (Å²) in [5.74, 6) is 0. The van der Waals surface area contributed by atoms with Crippen LogP contribution < -0.4 is 14.7 Å². The Hall–Kier alpha value is -16.0. The summed E-state index contributed by atoms with van der Waals surface area (Å²) >= 11 is 0. The summed E-state index contributed by atoms with van der Waals surface area (Å²) in [6, 6.07) is 158. The van der Waals surface area contributed by atoms with E-state index in [-0.39, 0.29) is 0 Å². The van der Waals surface area contributed by atoms with E-state index in [0.29, 0.717) is 0 Å². The molecule has 0 radical (unpaired) electrons. The van der Waals surface area contributed by atoms with Crippen molar-refractivity contribution in [3.63, 3.8) is 0 Å². The second-order valence-corrected chi connectivity index (χ2v) is 30.9. The normalized spacial score (nSPS) is 11.7. The lowest BCUT2D eigenvalue weighted by atomic mass is 9.98. The highest BCUT2D eigenvalue weighted by Gasteiger charge is 2.24. The van der Waals surface area contributed by atoms with Gasteiger partial charge >= 0.3 is 0 Å². The summed E-state index contributed by atoms with van der Waals surface area (Å²) in [6.07, 6.45) is 0. The number of benzene rings is 22. The van der Waals surface area contributed by atoms with Crippen molar-refractivity contribution in [1.29, 1.82) is 0 Å². The lowest BCUT2D eigenvalue weighted by molar-refractivity contribution is 0.672. The van der Waals surface area contributed by atoms with Gasteiger partial charge < -0.3 is 28.0 Å². The largest absolute Gasteiger partial charge is 0.455 e. The van der Waals surface area contributed by atoms with Gasteiger partial charge in [0.05, 0.1) is 22.7 Å². The van der Waals surface area contributed by atoms with Crippen molar-refractivity contribution < 1.29 is 13.3 Å². The van der Waals surface area contributed by atoms with E-state index >= 15 is 0 Å². The third kappa shape index (κ3) is 12.0. The lowest BCUT2D eigenvalue weighted by Crippen LogP contribution is -2.11. The maximum absolute atomic E-state index is 6.46. The first kappa shape index (κ1) is 69.5. The summed E-state index contributed by atoms with van der Waals surface area (Å²) in [5.41, 5.74) is 18.0. The first-order chi connectivity index (χ1) is 59.5. The highest BCUT2D eigenvalue weighted by atomic mass is 16.3. The van der Waals surface area contributed by atoms with Crippen LogP contribution in [0.3, 0.4) is 0 Å². The van der Waals surface area contributed by atoms with Gasteiger partial charge in [0.25, 0.3) is 0 Å². The van der Waals surface area contributed by atoms with Gasteiger partial charge in [-0.3, -0.25) is 0 Å². The minimum Gasteiger partial charge on any atom is -0.455 e. The van der Waals surface area contributed by atoms with Crippen LogP contribution in [-0.2, 0) is 0 Å². The maximum Gasteiger partial charge on any atom is 0.143 e. The summed E-state index contributed by atoms with van der Waals surface area (Å²) in [7, 11) is 0. The van der Waals surface area contributed by atoms with E-state index in [1.165, 1.54) is 91.9 Å². The molecular formula is C114H73N3O3. The summed E-state index contributed by atoms with van der Waals surface area (Å²) in [6.45, 7) is 0. The molecule has 6 nitrogen and oxygen atoms in total. The highest BCUT2D eigenvalue weighted by molar-refractivity contribution is 6.20. The zero-order chi connectivity index (χ0) is 79.1. The second-order valence-electron chi connectivity index (χ2n) is 30.9. The Morgan fingerprint density at radius 2 is 0.400 bits per heavy atom. The molecular weight excluding hydrogens is 1460 g/mol. The van der Waals surface area contributed by atoms with E-state index < -0.39 is 0 Å². The first-order valence-corrected chi connectivity index (χ1v) is 40.9. The molecule has 0 unspecified atom stereocenters. The van der Waals surface area contributed by atoms with Gasteiger partial charge in [-0.1, -0.05) is 322 Å². The minimum absolute atomic E-state index is 0.893. The molecule has 3 heterocycles. The zero-order valence-corrected chi connectivity index (χ0v) is 65.2. The van der Waals surface area contributed by atoms with Crippen molar-refractivity contribution in [2.75, 3.05) is 14.7 Å². The quantitative estimate of drug-likeness (QED) is 0.136. The van der Waals surface area contributed by atoms with Gasteiger partial charge in [0.2, 0.25) is 0 Å². The van der Waals surface area contributed by atoms with E-state index in [2.05, 4.69) is 458 Å². The Morgan fingerprint density at radius 3 is 0.792 bits per heavy atom. The van der Waals surface area contributed by atoms with Crippen molar-refractivity contribution in [2.24, 2.45) is 0 Å². The predicted octanol–water partition coefficient (Wildman–Crippen LogP) is 33.2. The summed E-state index contributed by atoms with van der Waals surface area (Å²) in [5, 5.41) is 28.4. The Balaban J connectivity index is 0.000000105. The van der Waals surface area contributed by atoms with Crippen LogP contribution in [0.4, 0.5) is 51.2 Å². The van der Waals surface area contributed by atoms with Crippen molar-refractivity contribution >= 4 is 214 Å². The van der Waals surface area contributed by atoms with Gasteiger partial charge in [0.1, 0.15) is 33.5 Å². The molecule has 0 amide bonds. The number of hydrogen-bond acceptors (Lipinski definition) is 6. The van der Waals surface area contributed by atoms with Gasteiger partial charge in [0.15, 0.2) is 0 Å². The molecule has 0 aliphatic rings. The molecule has 0 fully saturated rings. The van der Waals surface area contributed by atoms with Gasteiger partial charge in [-0.15, -0.1) is 0 Å². The van der Waals surface area contributed by atoms with Crippen LogP contribution in [0.1, 0.15) is 0 Å². The van der Waals surface area contributed by atoms with Gasteiger partial charge in [-0.2, -0.15) is 0 Å². The molecule has 120 heavy (non-hydrogen) atoms. The molecule has 0 atom stereocenters. The Kier molecular flexibility index (Phi) is 16.8. The molecule has 562 valence electrons. The standard InChI is InChI=1S/C42H27NO.2C36H23NO/c1-4-14-34-28(9-1)12-7-17-35(34)31-19-22-32(23-20-31)43(40-18-8-13-29-10-2-5-15-36(29)40)33-24-26-41-39(27-33)38-25-21-30-11-3-6-16-37(30)42(38)44-41;1-4-14-28-24(9-1)12-7-17-33(28)37(34-18-8-13-25-10-2-5-15-29(25)34)27-20-22-35-32(23-27)31-21-19-26-11-3-6-16-30(26)36(31)38-35;1-2-11-27-22-28(18-16-24(27)8-1)37(34-15-7-12-25-9-3-5-13-30(25)34)29-19-21-35-33(23-29)32-20-17-26-10-4-6-14-31(26)36(32)38-35/h1-27H;2*1-23H. The second kappa shape index (κ2) is 29.1. The number of anilines is 9. The van der Waals surface area contributed by atoms with Crippen LogP contribution >= 0.6 is 0 Å². The molecule has 6 heteroatoms. The molecule has 0 aliphatic carbocycles. The van der Waals surface area contributed by atoms with Crippen LogP contribution in [0.5, 0.6) is 0 Å². The Labute approximate surface area is 691 Å². The topological polar surface area (TPSA) is 49.1 Å². The third-order valence-corrected chi connectivity index (χ3v) is 24.1. The minimum atomic E-state index is 0.893. The number of fused-ring (bicyclic) bond motifs is 21. The molecule has 25 rings (SSSR count). The van der Waals surface area contributed by atoms with Crippen LogP contribution in [0.15, 0.2) is 456 Å². The molecule has 3 aromatic heterocycles. The predicted molar refractivity (Wildman–Crippen MR) is 508 cm³/mol. The monoisotopic (exact) mass is 1530 g/mol. The van der Waals surface area contributed by atoms with E-state index in [1.54, 1.807) is 0 Å². The smallest absolute Gasteiger partial charge is 0.143 e. The van der Waals surface area contributed by atoms with Crippen molar-refractivity contribution in [3.8, 4) is 11.1 Å². The molecule has 0 saturated heterocycles. The fraction of sp³-hybridized carbons (Fsp3) is 0. The Bertz CT molecular complexity index is 8250. The highest BCUT2D eigenvalue weighted by Crippen LogP contribution is 2.49. The summed E-state index contributed by atoms with van der Waals surface area (Å²) < 4.78 is 19.3. The first-order valence-electron chi connectivity index (χ1n) is 40.9. The van der Waals surface area contributed by atoms with E-state index in [1.807, 2.05) is 0 Å². The number of hydrogen-bond donors (Lipinski definition) is 0. The molecule has 0 aliphatic heterocycles. The average molecular weight is 1530 g/mol. The Morgan fingerprint density at radius 1 is 0.142 bits per heavy atom. The van der Waals surface area contributed by atoms with Crippen molar-refractivity contribution in [2.45, 2.75) is 0 Å². The van der Waals surface area contributed by atoms with Gasteiger partial charge in [0, 0.05) is 98.5 Å². The fourth-order valence-corrected chi connectivity index (χ4v) is 18.4. The van der Waals surface area contributed by atoms with Gasteiger partial charge in [-0.05, 0) is 192 Å². The van der Waals surface area contributed by atoms with Crippen molar-refractivity contribution in [3.05, 3.63) is 443 Å². The molecule has 0 bridgehead atoms. The molecule has 0 N–H and O–H groups in total.